The molecule has 3 aliphatic heterocycles. The zero-order valence-corrected chi connectivity index (χ0v) is 16.9. The number of piperazine rings is 1. The third-order valence-electron chi connectivity index (χ3n) is 6.50. The summed E-state index contributed by atoms with van der Waals surface area (Å²) in [6.45, 7) is 9.28. The summed E-state index contributed by atoms with van der Waals surface area (Å²) >= 11 is 0. The van der Waals surface area contributed by atoms with Gasteiger partial charge in [0.2, 0.25) is 5.91 Å². The van der Waals surface area contributed by atoms with Crippen molar-refractivity contribution >= 4 is 11.8 Å². The summed E-state index contributed by atoms with van der Waals surface area (Å²) in [5.74, 6) is 0.251. The maximum atomic E-state index is 13.1. The van der Waals surface area contributed by atoms with Crippen LogP contribution in [0.4, 0.5) is 0 Å². The third kappa shape index (κ3) is 4.23. The molecule has 2 unspecified atom stereocenters. The minimum Gasteiger partial charge on any atom is -0.341 e. The second kappa shape index (κ2) is 8.62. The second-order valence-electron chi connectivity index (χ2n) is 8.47. The molecule has 6 heteroatoms. The van der Waals surface area contributed by atoms with E-state index in [0.717, 1.165) is 76.2 Å². The van der Waals surface area contributed by atoms with Crippen molar-refractivity contribution < 1.29 is 9.59 Å². The van der Waals surface area contributed by atoms with E-state index in [0.29, 0.717) is 12.6 Å². The van der Waals surface area contributed by atoms with Gasteiger partial charge in [-0.15, -0.1) is 0 Å². The highest BCUT2D eigenvalue weighted by atomic mass is 16.2. The second-order valence-corrected chi connectivity index (χ2v) is 8.47. The van der Waals surface area contributed by atoms with Crippen LogP contribution >= 0.6 is 0 Å². The fourth-order valence-electron chi connectivity index (χ4n) is 4.79. The fraction of sp³-hybridized carbons (Fsp3) is 0.636. The van der Waals surface area contributed by atoms with Gasteiger partial charge < -0.3 is 15.1 Å². The number of rotatable bonds is 3. The molecule has 0 radical (unpaired) electrons. The molecule has 0 aromatic heterocycles. The number of aryl methyl sites for hydroxylation is 1. The first-order valence-corrected chi connectivity index (χ1v) is 10.7. The van der Waals surface area contributed by atoms with Crippen LogP contribution in [-0.4, -0.2) is 84.9 Å². The number of benzene rings is 1. The summed E-state index contributed by atoms with van der Waals surface area (Å²) in [5.41, 5.74) is 1.87. The van der Waals surface area contributed by atoms with E-state index < -0.39 is 0 Å². The molecular formula is C22H32N4O2. The highest BCUT2D eigenvalue weighted by Crippen LogP contribution is 2.24. The predicted molar refractivity (Wildman–Crippen MR) is 109 cm³/mol. The molecule has 28 heavy (non-hydrogen) atoms. The quantitative estimate of drug-likeness (QED) is 0.855. The lowest BCUT2D eigenvalue weighted by molar-refractivity contribution is -0.136. The molecule has 3 heterocycles. The van der Waals surface area contributed by atoms with Gasteiger partial charge in [0.25, 0.3) is 5.91 Å². The number of carbonyl (C=O) groups is 2. The summed E-state index contributed by atoms with van der Waals surface area (Å²) in [5, 5.41) is 3.40. The van der Waals surface area contributed by atoms with Crippen molar-refractivity contribution in [1.29, 1.82) is 0 Å². The zero-order chi connectivity index (χ0) is 19.5. The number of nitrogens with zero attached hydrogens (tertiary/aromatic N) is 3. The van der Waals surface area contributed by atoms with Gasteiger partial charge in [0.15, 0.2) is 0 Å². The first-order chi connectivity index (χ1) is 13.6. The van der Waals surface area contributed by atoms with Crippen molar-refractivity contribution in [3.05, 3.63) is 35.4 Å². The van der Waals surface area contributed by atoms with Crippen LogP contribution in [0.3, 0.4) is 0 Å². The average Bonchev–Trinajstić information content (AvgIpc) is 3.24. The Morgan fingerprint density at radius 2 is 1.68 bits per heavy atom. The molecule has 1 aromatic rings. The summed E-state index contributed by atoms with van der Waals surface area (Å²) in [6, 6.07) is 8.23. The van der Waals surface area contributed by atoms with Gasteiger partial charge in [0, 0.05) is 64.0 Å². The van der Waals surface area contributed by atoms with Gasteiger partial charge in [0.05, 0.1) is 5.92 Å². The molecule has 2 atom stereocenters. The third-order valence-corrected chi connectivity index (χ3v) is 6.50. The van der Waals surface area contributed by atoms with E-state index in [1.165, 1.54) is 0 Å². The van der Waals surface area contributed by atoms with Crippen LogP contribution in [0.25, 0.3) is 0 Å². The highest BCUT2D eigenvalue weighted by Gasteiger charge is 2.36. The lowest BCUT2D eigenvalue weighted by Crippen LogP contribution is -2.50. The smallest absolute Gasteiger partial charge is 0.253 e. The van der Waals surface area contributed by atoms with E-state index in [9.17, 15) is 9.59 Å². The molecule has 6 nitrogen and oxygen atoms in total. The maximum absolute atomic E-state index is 13.1. The van der Waals surface area contributed by atoms with Crippen LogP contribution in [0.1, 0.15) is 35.2 Å². The van der Waals surface area contributed by atoms with E-state index in [1.54, 1.807) is 0 Å². The summed E-state index contributed by atoms with van der Waals surface area (Å²) in [4.78, 5) is 32.4. The highest BCUT2D eigenvalue weighted by molar-refractivity contribution is 5.94. The van der Waals surface area contributed by atoms with E-state index >= 15 is 0 Å². The standard InChI is InChI=1S/C22H32N4O2/c1-17-4-6-18(7-5-17)21(27)25-11-2-3-19(15-25)22(28)26-12-8-20(16-26)24-13-9-23-10-14-24/h4-7,19-20,23H,2-3,8-16H2,1H3. The van der Waals surface area contributed by atoms with E-state index in [-0.39, 0.29) is 17.7 Å². The molecule has 0 bridgehead atoms. The van der Waals surface area contributed by atoms with Gasteiger partial charge in [-0.1, -0.05) is 17.7 Å². The van der Waals surface area contributed by atoms with Crippen molar-refractivity contribution in [2.75, 3.05) is 52.4 Å². The van der Waals surface area contributed by atoms with Gasteiger partial charge >= 0.3 is 0 Å². The Kier molecular flexibility index (Phi) is 5.97. The number of nitrogens with one attached hydrogen (secondary N) is 1. The number of amides is 2. The summed E-state index contributed by atoms with van der Waals surface area (Å²) in [7, 11) is 0. The van der Waals surface area contributed by atoms with E-state index in [2.05, 4.69) is 15.1 Å². The van der Waals surface area contributed by atoms with Gasteiger partial charge in [-0.2, -0.15) is 0 Å². The van der Waals surface area contributed by atoms with Crippen LogP contribution in [0.2, 0.25) is 0 Å². The van der Waals surface area contributed by atoms with Crippen molar-refractivity contribution in [2.45, 2.75) is 32.2 Å². The summed E-state index contributed by atoms with van der Waals surface area (Å²) in [6.07, 6.45) is 2.87. The molecule has 3 fully saturated rings. The summed E-state index contributed by atoms with van der Waals surface area (Å²) < 4.78 is 0. The molecule has 3 saturated heterocycles. The molecule has 152 valence electrons. The lowest BCUT2D eigenvalue weighted by atomic mass is 9.96. The van der Waals surface area contributed by atoms with Crippen LogP contribution in [0.5, 0.6) is 0 Å². The van der Waals surface area contributed by atoms with Gasteiger partial charge in [0.1, 0.15) is 0 Å². The first kappa shape index (κ1) is 19.4. The Hall–Kier alpha value is -1.92. The Morgan fingerprint density at radius 1 is 0.929 bits per heavy atom. The normalized spacial score (nSPS) is 26.5. The maximum Gasteiger partial charge on any atom is 0.253 e. The molecule has 1 N–H and O–H groups in total. The molecule has 1 aromatic carbocycles. The van der Waals surface area contributed by atoms with Crippen molar-refractivity contribution in [1.82, 2.24) is 20.0 Å². The SMILES string of the molecule is Cc1ccc(C(=O)N2CCCC(C(=O)N3CCC(N4CCNCC4)C3)C2)cc1. The minimum atomic E-state index is -0.0510. The van der Waals surface area contributed by atoms with Crippen LogP contribution in [0, 0.1) is 12.8 Å². The van der Waals surface area contributed by atoms with Crippen LogP contribution < -0.4 is 5.32 Å². The van der Waals surface area contributed by atoms with Crippen molar-refractivity contribution in [2.24, 2.45) is 5.92 Å². The monoisotopic (exact) mass is 384 g/mol. The predicted octanol–water partition coefficient (Wildman–Crippen LogP) is 1.35. The number of likely N-dealkylation sites (tertiary alicyclic amines) is 2. The van der Waals surface area contributed by atoms with Crippen LogP contribution in [0.15, 0.2) is 24.3 Å². The number of hydrogen-bond donors (Lipinski definition) is 1. The number of piperidine rings is 1. The average molecular weight is 385 g/mol. The number of carbonyl (C=O) groups excluding carboxylic acids is 2. The first-order valence-electron chi connectivity index (χ1n) is 10.7. The minimum absolute atomic E-state index is 0.0510. The fourth-order valence-corrected chi connectivity index (χ4v) is 4.79. The topological polar surface area (TPSA) is 55.9 Å². The van der Waals surface area contributed by atoms with E-state index in [4.69, 9.17) is 0 Å². The van der Waals surface area contributed by atoms with Crippen molar-refractivity contribution in [3.8, 4) is 0 Å². The molecule has 4 rings (SSSR count). The molecule has 0 aliphatic carbocycles. The molecule has 0 spiro atoms. The Balaban J connectivity index is 1.34. The van der Waals surface area contributed by atoms with Crippen LogP contribution in [-0.2, 0) is 4.79 Å². The Morgan fingerprint density at radius 3 is 2.43 bits per heavy atom. The largest absolute Gasteiger partial charge is 0.341 e. The molecule has 2 amide bonds. The molecule has 3 aliphatic rings. The van der Waals surface area contributed by atoms with Gasteiger partial charge in [-0.25, -0.2) is 0 Å². The number of hydrogen-bond acceptors (Lipinski definition) is 4. The van der Waals surface area contributed by atoms with Gasteiger partial charge in [-0.3, -0.25) is 14.5 Å². The molecular weight excluding hydrogens is 352 g/mol. The lowest BCUT2D eigenvalue weighted by Gasteiger charge is -2.35. The van der Waals surface area contributed by atoms with Gasteiger partial charge in [-0.05, 0) is 38.3 Å². The van der Waals surface area contributed by atoms with Crippen molar-refractivity contribution in [3.63, 3.8) is 0 Å². The zero-order valence-electron chi connectivity index (χ0n) is 16.9. The Labute approximate surface area is 167 Å². The van der Waals surface area contributed by atoms with E-state index in [1.807, 2.05) is 36.1 Å². The Bertz CT molecular complexity index is 699. The molecule has 0 saturated carbocycles.